The molecule has 4 rings (SSSR count). The van der Waals surface area contributed by atoms with Crippen molar-refractivity contribution in [1.82, 2.24) is 4.90 Å². The molecule has 8 heteroatoms. The maximum absolute atomic E-state index is 13.4. The summed E-state index contributed by atoms with van der Waals surface area (Å²) in [5, 5.41) is 11.1. The number of amides is 1. The van der Waals surface area contributed by atoms with E-state index in [1.807, 2.05) is 0 Å². The molecule has 168 valence electrons. The molecule has 2 saturated heterocycles. The summed E-state index contributed by atoms with van der Waals surface area (Å²) in [4.78, 5) is 27.6. The van der Waals surface area contributed by atoms with Gasteiger partial charge in [-0.2, -0.15) is 0 Å². The lowest BCUT2D eigenvalue weighted by Gasteiger charge is -2.28. The number of Topliss-reactive ketones (excluding diaryl/α,β-unsaturated/α-hetero) is 1. The van der Waals surface area contributed by atoms with Crippen LogP contribution in [-0.2, 0) is 14.3 Å². The first kappa shape index (κ1) is 21.8. The van der Waals surface area contributed by atoms with Gasteiger partial charge in [0.15, 0.2) is 0 Å². The van der Waals surface area contributed by atoms with Crippen LogP contribution in [0.4, 0.5) is 4.39 Å². The molecule has 2 heterocycles. The molecule has 0 radical (unpaired) electrons. The molecule has 0 aliphatic carbocycles. The van der Waals surface area contributed by atoms with Crippen molar-refractivity contribution in [3.05, 3.63) is 65.0 Å². The zero-order valence-electron chi connectivity index (χ0n) is 17.8. The molecule has 0 spiro atoms. The average Bonchev–Trinajstić information content (AvgIpc) is 3.41. The second-order valence-corrected chi connectivity index (χ2v) is 7.70. The van der Waals surface area contributed by atoms with Crippen molar-refractivity contribution in [3.8, 4) is 11.5 Å². The Morgan fingerprint density at radius 3 is 2.53 bits per heavy atom. The monoisotopic (exact) mass is 441 g/mol. The van der Waals surface area contributed by atoms with Crippen molar-refractivity contribution in [1.29, 1.82) is 0 Å². The first-order chi connectivity index (χ1) is 15.4. The van der Waals surface area contributed by atoms with Crippen LogP contribution in [0.25, 0.3) is 5.76 Å². The topological polar surface area (TPSA) is 85.3 Å². The number of methoxy groups -OCH3 is 2. The van der Waals surface area contributed by atoms with Crippen molar-refractivity contribution in [2.45, 2.75) is 25.0 Å². The number of rotatable bonds is 6. The van der Waals surface area contributed by atoms with Crippen LogP contribution in [0.5, 0.6) is 11.5 Å². The number of nitrogens with zero attached hydrogens (tertiary/aromatic N) is 1. The molecule has 2 aliphatic rings. The van der Waals surface area contributed by atoms with E-state index < -0.39 is 23.5 Å². The molecular formula is C24H24FNO6. The minimum Gasteiger partial charge on any atom is -0.507 e. The van der Waals surface area contributed by atoms with Crippen LogP contribution in [0.1, 0.15) is 30.0 Å². The van der Waals surface area contributed by atoms with Crippen molar-refractivity contribution in [3.63, 3.8) is 0 Å². The summed E-state index contributed by atoms with van der Waals surface area (Å²) >= 11 is 0. The molecular weight excluding hydrogens is 417 g/mol. The molecule has 2 unspecified atom stereocenters. The zero-order valence-corrected chi connectivity index (χ0v) is 17.8. The van der Waals surface area contributed by atoms with Crippen LogP contribution >= 0.6 is 0 Å². The highest BCUT2D eigenvalue weighted by molar-refractivity contribution is 6.46. The molecule has 0 aromatic heterocycles. The third kappa shape index (κ3) is 3.93. The number of aliphatic hydroxyl groups excluding tert-OH is 1. The van der Waals surface area contributed by atoms with Crippen LogP contribution in [-0.4, -0.2) is 55.2 Å². The SMILES string of the molecule is COc1ccc(OC)c(C2/C(=C(/O)c3ccc(F)cc3)C(=O)C(=O)N2CC2CCCO2)c1. The van der Waals surface area contributed by atoms with Gasteiger partial charge in [0.25, 0.3) is 11.7 Å². The highest BCUT2D eigenvalue weighted by atomic mass is 19.1. The van der Waals surface area contributed by atoms with E-state index in [9.17, 15) is 19.1 Å². The smallest absolute Gasteiger partial charge is 0.295 e. The third-order valence-corrected chi connectivity index (χ3v) is 5.81. The summed E-state index contributed by atoms with van der Waals surface area (Å²) < 4.78 is 30.0. The second kappa shape index (κ2) is 9.00. The van der Waals surface area contributed by atoms with Gasteiger partial charge in [-0.05, 0) is 55.3 Å². The molecule has 2 aromatic rings. The van der Waals surface area contributed by atoms with Crippen LogP contribution in [0.2, 0.25) is 0 Å². The van der Waals surface area contributed by atoms with E-state index in [0.717, 1.165) is 12.8 Å². The van der Waals surface area contributed by atoms with Gasteiger partial charge in [-0.25, -0.2) is 4.39 Å². The van der Waals surface area contributed by atoms with Crippen molar-refractivity contribution in [2.75, 3.05) is 27.4 Å². The summed E-state index contributed by atoms with van der Waals surface area (Å²) in [7, 11) is 2.99. The van der Waals surface area contributed by atoms with E-state index in [1.165, 1.54) is 43.4 Å². The van der Waals surface area contributed by atoms with Crippen LogP contribution in [0.15, 0.2) is 48.0 Å². The summed E-state index contributed by atoms with van der Waals surface area (Å²) in [5.74, 6) is -1.48. The van der Waals surface area contributed by atoms with Crippen molar-refractivity contribution in [2.24, 2.45) is 0 Å². The fourth-order valence-corrected chi connectivity index (χ4v) is 4.22. The highest BCUT2D eigenvalue weighted by Crippen LogP contribution is 2.44. The van der Waals surface area contributed by atoms with Gasteiger partial charge in [0.05, 0.1) is 31.9 Å². The fourth-order valence-electron chi connectivity index (χ4n) is 4.22. The third-order valence-electron chi connectivity index (χ3n) is 5.81. The number of ketones is 1. The normalized spacial score (nSPS) is 22.4. The molecule has 2 fully saturated rings. The fraction of sp³-hybridized carbons (Fsp3) is 0.333. The standard InChI is InChI=1S/C24H24FNO6/c1-30-16-9-10-19(31-2)18(12-16)21-20(22(27)14-5-7-15(25)8-6-14)23(28)24(29)26(21)13-17-4-3-11-32-17/h5-10,12,17,21,27H,3-4,11,13H2,1-2H3/b22-20-. The summed E-state index contributed by atoms with van der Waals surface area (Å²) in [6.45, 7) is 0.785. The molecule has 1 N–H and O–H groups in total. The summed E-state index contributed by atoms with van der Waals surface area (Å²) in [6.07, 6.45) is 1.43. The Labute approximate surface area is 185 Å². The number of ether oxygens (including phenoxy) is 3. The van der Waals surface area contributed by atoms with Gasteiger partial charge in [0.2, 0.25) is 0 Å². The number of carbonyl (C=O) groups excluding carboxylic acids is 2. The molecule has 2 aliphatic heterocycles. The van der Waals surface area contributed by atoms with E-state index in [4.69, 9.17) is 14.2 Å². The molecule has 32 heavy (non-hydrogen) atoms. The zero-order chi connectivity index (χ0) is 22.8. The first-order valence-electron chi connectivity index (χ1n) is 10.3. The molecule has 2 aromatic carbocycles. The van der Waals surface area contributed by atoms with Crippen molar-refractivity contribution < 1.29 is 33.3 Å². The van der Waals surface area contributed by atoms with E-state index in [0.29, 0.717) is 23.7 Å². The quantitative estimate of drug-likeness (QED) is 0.420. The second-order valence-electron chi connectivity index (χ2n) is 7.70. The lowest BCUT2D eigenvalue weighted by atomic mass is 9.94. The van der Waals surface area contributed by atoms with E-state index in [1.54, 1.807) is 18.2 Å². The lowest BCUT2D eigenvalue weighted by molar-refractivity contribution is -0.140. The van der Waals surface area contributed by atoms with Crippen LogP contribution in [0, 0.1) is 5.82 Å². The maximum atomic E-state index is 13.4. The van der Waals surface area contributed by atoms with Crippen LogP contribution < -0.4 is 9.47 Å². The van der Waals surface area contributed by atoms with Gasteiger partial charge < -0.3 is 24.2 Å². The van der Waals surface area contributed by atoms with E-state index in [-0.39, 0.29) is 29.5 Å². The minimum atomic E-state index is -0.922. The van der Waals surface area contributed by atoms with Crippen molar-refractivity contribution >= 4 is 17.4 Å². The first-order valence-corrected chi connectivity index (χ1v) is 10.3. The van der Waals surface area contributed by atoms with Crippen LogP contribution in [0.3, 0.4) is 0 Å². The van der Waals surface area contributed by atoms with Gasteiger partial charge in [0, 0.05) is 24.3 Å². The number of halogens is 1. The number of aliphatic hydroxyl groups is 1. The number of hydrogen-bond acceptors (Lipinski definition) is 6. The Kier molecular flexibility index (Phi) is 6.14. The Morgan fingerprint density at radius 1 is 1.16 bits per heavy atom. The molecule has 7 nitrogen and oxygen atoms in total. The average molecular weight is 441 g/mol. The minimum absolute atomic E-state index is 0.0915. The number of carbonyl (C=O) groups is 2. The Balaban J connectivity index is 1.89. The Hall–Kier alpha value is -3.39. The molecule has 2 atom stereocenters. The summed E-state index contributed by atoms with van der Waals surface area (Å²) in [6, 6.07) is 9.21. The summed E-state index contributed by atoms with van der Waals surface area (Å²) in [5.41, 5.74) is 0.632. The van der Waals surface area contributed by atoms with Gasteiger partial charge in [-0.15, -0.1) is 0 Å². The lowest BCUT2D eigenvalue weighted by Crippen LogP contribution is -2.36. The largest absolute Gasteiger partial charge is 0.507 e. The molecule has 0 saturated carbocycles. The predicted molar refractivity (Wildman–Crippen MR) is 114 cm³/mol. The number of benzene rings is 2. The number of hydrogen-bond donors (Lipinski definition) is 1. The van der Waals surface area contributed by atoms with E-state index >= 15 is 0 Å². The van der Waals surface area contributed by atoms with E-state index in [2.05, 4.69) is 0 Å². The Bertz CT molecular complexity index is 1060. The predicted octanol–water partition coefficient (Wildman–Crippen LogP) is 3.44. The van der Waals surface area contributed by atoms with Gasteiger partial charge in [-0.1, -0.05) is 0 Å². The van der Waals surface area contributed by atoms with Gasteiger partial charge in [0.1, 0.15) is 23.1 Å². The molecule has 0 bridgehead atoms. The van der Waals surface area contributed by atoms with Gasteiger partial charge >= 0.3 is 0 Å². The van der Waals surface area contributed by atoms with Gasteiger partial charge in [-0.3, -0.25) is 9.59 Å². The molecule has 1 amide bonds. The highest BCUT2D eigenvalue weighted by Gasteiger charge is 2.48. The number of likely N-dealkylation sites (tertiary alicyclic amines) is 1. The Morgan fingerprint density at radius 2 is 1.91 bits per heavy atom. The maximum Gasteiger partial charge on any atom is 0.295 e.